The molecule has 3 N–H and O–H groups in total. The van der Waals surface area contributed by atoms with Gasteiger partial charge in [0.1, 0.15) is 0 Å². The molecule has 6 nitrogen and oxygen atoms in total. The van der Waals surface area contributed by atoms with E-state index in [-0.39, 0.29) is 0 Å². The summed E-state index contributed by atoms with van der Waals surface area (Å²) in [6.07, 6.45) is 44.3. The molecular weight excluding hydrogens is 769 g/mol. The molecule has 0 saturated heterocycles. The van der Waals surface area contributed by atoms with E-state index in [0.717, 1.165) is 36.3 Å². The third-order valence-corrected chi connectivity index (χ3v) is 12.7. The van der Waals surface area contributed by atoms with E-state index in [1.54, 1.807) is 0 Å². The molecule has 6 heteroatoms. The fraction of sp³-hybridized carbons (Fsp3) is 0.632. The monoisotopic (exact) mass is 859 g/mol. The summed E-state index contributed by atoms with van der Waals surface area (Å²) >= 11 is 0. The Labute approximate surface area is 386 Å². The van der Waals surface area contributed by atoms with Crippen LogP contribution in [0, 0.1) is 0 Å². The lowest BCUT2D eigenvalue weighted by atomic mass is 10.0. The molecule has 4 aromatic rings. The standard InChI is InChI=1S/C57H90N6/c1-4-7-10-13-16-19-22-25-28-31-34-49-37-43-52(44-38-49)58-55-61-56(59-53-45-39-50(40-46-53)35-32-29-26-23-20-17-14-11-8-5-2)63-57(62-55)60-54-47-41-51(42-48-54)36-33-30-27-24-21-18-15-12-9-6-3/h37-48H,4-36H2,1-3H3,(H3,58,59,60,61,62,63). The van der Waals surface area contributed by atoms with Crippen molar-refractivity contribution in [1.82, 2.24) is 15.0 Å². The van der Waals surface area contributed by atoms with Crippen molar-refractivity contribution in [2.24, 2.45) is 0 Å². The Morgan fingerprint density at radius 2 is 0.444 bits per heavy atom. The summed E-state index contributed by atoms with van der Waals surface area (Å²) in [5.74, 6) is 1.52. The molecule has 3 aromatic carbocycles. The van der Waals surface area contributed by atoms with Crippen molar-refractivity contribution in [2.45, 2.75) is 233 Å². The van der Waals surface area contributed by atoms with Gasteiger partial charge in [-0.05, 0) is 91.6 Å². The van der Waals surface area contributed by atoms with E-state index in [1.807, 2.05) is 0 Å². The molecule has 1 heterocycles. The van der Waals surface area contributed by atoms with Gasteiger partial charge in [-0.1, -0.05) is 231 Å². The molecule has 0 spiro atoms. The maximum atomic E-state index is 4.83. The minimum absolute atomic E-state index is 0.507. The third kappa shape index (κ3) is 24.6. The van der Waals surface area contributed by atoms with Gasteiger partial charge in [-0.25, -0.2) is 0 Å². The number of unbranched alkanes of at least 4 members (excludes halogenated alkanes) is 27. The Morgan fingerprint density at radius 1 is 0.254 bits per heavy atom. The van der Waals surface area contributed by atoms with Crippen LogP contribution in [0.25, 0.3) is 0 Å². The predicted molar refractivity (Wildman–Crippen MR) is 276 cm³/mol. The lowest BCUT2D eigenvalue weighted by Crippen LogP contribution is -2.07. The number of aryl methyl sites for hydroxylation is 3. The van der Waals surface area contributed by atoms with Crippen LogP contribution in [-0.4, -0.2) is 15.0 Å². The maximum absolute atomic E-state index is 4.83. The molecule has 0 unspecified atom stereocenters. The van der Waals surface area contributed by atoms with Gasteiger partial charge >= 0.3 is 0 Å². The summed E-state index contributed by atoms with van der Waals surface area (Å²) in [4.78, 5) is 14.5. The average molecular weight is 859 g/mol. The molecule has 0 aliphatic heterocycles. The average Bonchev–Trinajstić information content (AvgIpc) is 3.30. The molecule has 0 aliphatic rings. The molecule has 0 fully saturated rings. The molecule has 0 saturated carbocycles. The normalized spacial score (nSPS) is 11.3. The van der Waals surface area contributed by atoms with E-state index in [1.165, 1.54) is 209 Å². The number of aromatic nitrogens is 3. The lowest BCUT2D eigenvalue weighted by molar-refractivity contribution is 0.556. The van der Waals surface area contributed by atoms with E-state index in [2.05, 4.69) is 110 Å². The zero-order valence-corrected chi connectivity index (χ0v) is 40.6. The van der Waals surface area contributed by atoms with Crippen molar-refractivity contribution in [3.63, 3.8) is 0 Å². The van der Waals surface area contributed by atoms with E-state index in [0.29, 0.717) is 17.8 Å². The first-order valence-corrected chi connectivity index (χ1v) is 26.5. The highest BCUT2D eigenvalue weighted by molar-refractivity contribution is 5.62. The summed E-state index contributed by atoms with van der Waals surface area (Å²) in [5, 5.41) is 10.4. The minimum Gasteiger partial charge on any atom is -0.324 e. The molecule has 0 radical (unpaired) electrons. The van der Waals surface area contributed by atoms with Crippen molar-refractivity contribution in [3.8, 4) is 0 Å². The van der Waals surface area contributed by atoms with Crippen LogP contribution in [0.5, 0.6) is 0 Å². The van der Waals surface area contributed by atoms with E-state index in [4.69, 9.17) is 15.0 Å². The van der Waals surface area contributed by atoms with Crippen molar-refractivity contribution >= 4 is 34.9 Å². The molecule has 0 aliphatic carbocycles. The summed E-state index contributed by atoms with van der Waals surface area (Å²) in [5.41, 5.74) is 7.06. The Kier molecular flexibility index (Phi) is 28.3. The zero-order valence-electron chi connectivity index (χ0n) is 40.6. The summed E-state index contributed by atoms with van der Waals surface area (Å²) < 4.78 is 0. The Bertz CT molecular complexity index is 1460. The number of anilines is 6. The van der Waals surface area contributed by atoms with Crippen molar-refractivity contribution < 1.29 is 0 Å². The number of nitrogens with zero attached hydrogens (tertiary/aromatic N) is 3. The van der Waals surface area contributed by atoms with Gasteiger partial charge in [0.05, 0.1) is 0 Å². The molecule has 4 rings (SSSR count). The largest absolute Gasteiger partial charge is 0.324 e. The van der Waals surface area contributed by atoms with Crippen LogP contribution in [0.3, 0.4) is 0 Å². The summed E-state index contributed by atoms with van der Waals surface area (Å²) in [7, 11) is 0. The summed E-state index contributed by atoms with van der Waals surface area (Å²) in [6.45, 7) is 6.87. The first-order valence-electron chi connectivity index (χ1n) is 26.5. The Balaban J connectivity index is 1.28. The predicted octanol–water partition coefficient (Wildman–Crippen LogP) is 18.5. The van der Waals surface area contributed by atoms with Crippen molar-refractivity contribution in [1.29, 1.82) is 0 Å². The van der Waals surface area contributed by atoms with Crippen LogP contribution >= 0.6 is 0 Å². The molecule has 0 amide bonds. The van der Waals surface area contributed by atoms with Gasteiger partial charge in [-0.15, -0.1) is 0 Å². The van der Waals surface area contributed by atoms with Gasteiger partial charge < -0.3 is 16.0 Å². The lowest BCUT2D eigenvalue weighted by Gasteiger charge is -2.13. The quantitative estimate of drug-likeness (QED) is 0.0388. The third-order valence-electron chi connectivity index (χ3n) is 12.7. The van der Waals surface area contributed by atoms with Gasteiger partial charge in [0, 0.05) is 17.1 Å². The second-order valence-corrected chi connectivity index (χ2v) is 18.6. The first kappa shape index (κ1) is 51.7. The van der Waals surface area contributed by atoms with Gasteiger partial charge in [0.25, 0.3) is 0 Å². The van der Waals surface area contributed by atoms with Crippen LogP contribution in [0.4, 0.5) is 34.9 Å². The van der Waals surface area contributed by atoms with Crippen LogP contribution in [0.2, 0.25) is 0 Å². The van der Waals surface area contributed by atoms with Gasteiger partial charge in [0.15, 0.2) is 0 Å². The van der Waals surface area contributed by atoms with Gasteiger partial charge in [-0.2, -0.15) is 15.0 Å². The number of rotatable bonds is 39. The molecule has 0 bridgehead atoms. The van der Waals surface area contributed by atoms with Gasteiger partial charge in [-0.3, -0.25) is 0 Å². The molecule has 1 aromatic heterocycles. The highest BCUT2D eigenvalue weighted by Crippen LogP contribution is 2.24. The second kappa shape index (κ2) is 34.5. The molecule has 0 atom stereocenters. The number of hydrogen-bond donors (Lipinski definition) is 3. The second-order valence-electron chi connectivity index (χ2n) is 18.6. The topological polar surface area (TPSA) is 74.8 Å². The fourth-order valence-electron chi connectivity index (χ4n) is 8.64. The number of benzene rings is 3. The van der Waals surface area contributed by atoms with Gasteiger partial charge in [0.2, 0.25) is 17.8 Å². The smallest absolute Gasteiger partial charge is 0.233 e. The van der Waals surface area contributed by atoms with Crippen LogP contribution in [0.15, 0.2) is 72.8 Å². The fourth-order valence-corrected chi connectivity index (χ4v) is 8.64. The molecule has 348 valence electrons. The first-order chi connectivity index (χ1) is 31.1. The highest BCUT2D eigenvalue weighted by Gasteiger charge is 2.10. The zero-order chi connectivity index (χ0) is 44.3. The SMILES string of the molecule is CCCCCCCCCCCCc1ccc(Nc2nc(Nc3ccc(CCCCCCCCCCCC)cc3)nc(Nc3ccc(CCCCCCCCCCCC)cc3)n2)cc1. The number of hydrogen-bond acceptors (Lipinski definition) is 6. The van der Waals surface area contributed by atoms with Crippen molar-refractivity contribution in [3.05, 3.63) is 89.5 Å². The Hall–Kier alpha value is -3.93. The molecular formula is C57H90N6. The van der Waals surface area contributed by atoms with Crippen molar-refractivity contribution in [2.75, 3.05) is 16.0 Å². The highest BCUT2D eigenvalue weighted by atomic mass is 15.3. The number of nitrogens with one attached hydrogen (secondary N) is 3. The van der Waals surface area contributed by atoms with Crippen LogP contribution < -0.4 is 16.0 Å². The van der Waals surface area contributed by atoms with E-state index >= 15 is 0 Å². The van der Waals surface area contributed by atoms with Crippen LogP contribution in [0.1, 0.15) is 230 Å². The maximum Gasteiger partial charge on any atom is 0.233 e. The Morgan fingerprint density at radius 3 is 0.651 bits per heavy atom. The molecule has 63 heavy (non-hydrogen) atoms. The van der Waals surface area contributed by atoms with Crippen LogP contribution in [-0.2, 0) is 19.3 Å². The van der Waals surface area contributed by atoms with E-state index < -0.39 is 0 Å². The minimum atomic E-state index is 0.507. The van der Waals surface area contributed by atoms with E-state index in [9.17, 15) is 0 Å². The summed E-state index contributed by atoms with van der Waals surface area (Å²) in [6, 6.07) is 26.3.